The Labute approximate surface area is 120 Å². The van der Waals surface area contributed by atoms with Crippen LogP contribution in [-0.2, 0) is 11.3 Å². The number of hydrogen-bond acceptors (Lipinski definition) is 2. The number of fused-ring (bicyclic) bond motifs is 1. The van der Waals surface area contributed by atoms with Gasteiger partial charge in [-0.25, -0.2) is 0 Å². The predicted molar refractivity (Wildman–Crippen MR) is 79.6 cm³/mol. The number of rotatable bonds is 1. The number of nitrogens with one attached hydrogen (secondary N) is 1. The summed E-state index contributed by atoms with van der Waals surface area (Å²) in [7, 11) is 0. The molecule has 104 valence electrons. The van der Waals surface area contributed by atoms with Gasteiger partial charge in [-0.05, 0) is 23.5 Å². The molecule has 2 aliphatic rings. The number of para-hydroxylation sites is 1. The average molecular weight is 281 g/mol. The molecule has 1 unspecified atom stereocenters. The van der Waals surface area contributed by atoms with Crippen molar-refractivity contribution in [2.45, 2.75) is 26.8 Å². The van der Waals surface area contributed by atoms with Crippen LogP contribution in [0.3, 0.4) is 0 Å². The van der Waals surface area contributed by atoms with Gasteiger partial charge in [0.2, 0.25) is 5.91 Å². The molecule has 1 aromatic carbocycles. The highest BCUT2D eigenvalue weighted by Crippen LogP contribution is 2.52. The Morgan fingerprint density at radius 3 is 2.74 bits per heavy atom. The van der Waals surface area contributed by atoms with Crippen LogP contribution >= 0.6 is 12.4 Å². The molecule has 19 heavy (non-hydrogen) atoms. The van der Waals surface area contributed by atoms with E-state index in [0.717, 1.165) is 31.7 Å². The number of carbonyl (C=O) groups is 1. The zero-order valence-corrected chi connectivity index (χ0v) is 12.3. The summed E-state index contributed by atoms with van der Waals surface area (Å²) in [6, 6.07) is 8.22. The Morgan fingerprint density at radius 2 is 2.05 bits per heavy atom. The first kappa shape index (κ1) is 14.4. The molecule has 1 fully saturated rings. The Bertz CT molecular complexity index is 487. The summed E-state index contributed by atoms with van der Waals surface area (Å²) in [6.45, 7) is 6.86. The normalized spacial score (nSPS) is 23.9. The molecule has 4 heteroatoms. The number of anilines is 1. The van der Waals surface area contributed by atoms with Crippen LogP contribution in [0.25, 0.3) is 0 Å². The van der Waals surface area contributed by atoms with E-state index in [-0.39, 0.29) is 23.7 Å². The molecule has 0 spiro atoms. The highest BCUT2D eigenvalue weighted by atomic mass is 35.5. The minimum absolute atomic E-state index is 0. The summed E-state index contributed by atoms with van der Waals surface area (Å²) >= 11 is 0. The third-order valence-corrected chi connectivity index (χ3v) is 4.19. The average Bonchev–Trinajstić information content (AvgIpc) is 3.04. The van der Waals surface area contributed by atoms with Crippen molar-refractivity contribution < 1.29 is 4.79 Å². The van der Waals surface area contributed by atoms with E-state index < -0.39 is 0 Å². The molecule has 0 aromatic heterocycles. The van der Waals surface area contributed by atoms with E-state index in [1.807, 2.05) is 17.0 Å². The zero-order chi connectivity index (χ0) is 12.8. The van der Waals surface area contributed by atoms with Gasteiger partial charge in [0.1, 0.15) is 0 Å². The van der Waals surface area contributed by atoms with Crippen molar-refractivity contribution in [2.75, 3.05) is 18.0 Å². The summed E-state index contributed by atoms with van der Waals surface area (Å²) < 4.78 is 0. The molecule has 0 saturated heterocycles. The van der Waals surface area contributed by atoms with Gasteiger partial charge in [-0.1, -0.05) is 32.0 Å². The molecule has 1 saturated carbocycles. The lowest BCUT2D eigenvalue weighted by Gasteiger charge is -2.23. The topological polar surface area (TPSA) is 32.3 Å². The van der Waals surface area contributed by atoms with Gasteiger partial charge < -0.3 is 10.2 Å². The highest BCUT2D eigenvalue weighted by Gasteiger charge is 2.52. The Kier molecular flexibility index (Phi) is 3.88. The van der Waals surface area contributed by atoms with E-state index in [1.54, 1.807) is 0 Å². The van der Waals surface area contributed by atoms with Crippen LogP contribution in [0, 0.1) is 11.3 Å². The second-order valence-electron chi connectivity index (χ2n) is 6.04. The van der Waals surface area contributed by atoms with E-state index in [1.165, 1.54) is 5.56 Å². The fourth-order valence-electron chi connectivity index (χ4n) is 2.76. The van der Waals surface area contributed by atoms with E-state index in [9.17, 15) is 4.79 Å². The molecule has 0 bridgehead atoms. The Morgan fingerprint density at radius 1 is 1.37 bits per heavy atom. The first-order valence-corrected chi connectivity index (χ1v) is 6.69. The van der Waals surface area contributed by atoms with Crippen molar-refractivity contribution >= 4 is 24.0 Å². The molecule has 1 amide bonds. The van der Waals surface area contributed by atoms with Gasteiger partial charge in [0.05, 0.1) is 0 Å². The zero-order valence-electron chi connectivity index (χ0n) is 11.5. The number of nitrogens with zero attached hydrogens (tertiary/aromatic N) is 1. The number of amides is 1. The van der Waals surface area contributed by atoms with E-state index in [0.29, 0.717) is 5.91 Å². The molecular weight excluding hydrogens is 260 g/mol. The van der Waals surface area contributed by atoms with Crippen LogP contribution < -0.4 is 10.2 Å². The summed E-state index contributed by atoms with van der Waals surface area (Å²) in [5.74, 6) is 0.514. The maximum atomic E-state index is 12.6. The lowest BCUT2D eigenvalue weighted by atomic mass is 10.1. The molecule has 3 rings (SSSR count). The first-order chi connectivity index (χ1) is 8.59. The fourth-order valence-corrected chi connectivity index (χ4v) is 2.76. The number of benzene rings is 1. The largest absolute Gasteiger partial charge is 0.311 e. The highest BCUT2D eigenvalue weighted by molar-refractivity contribution is 5.98. The predicted octanol–water partition coefficient (Wildman–Crippen LogP) is 2.59. The van der Waals surface area contributed by atoms with Crippen LogP contribution in [0.2, 0.25) is 0 Å². The van der Waals surface area contributed by atoms with Crippen molar-refractivity contribution in [1.29, 1.82) is 0 Å². The van der Waals surface area contributed by atoms with E-state index in [2.05, 4.69) is 31.3 Å². The number of carbonyl (C=O) groups excluding carboxylic acids is 1. The van der Waals surface area contributed by atoms with Crippen molar-refractivity contribution in [2.24, 2.45) is 11.3 Å². The fraction of sp³-hybridized carbons (Fsp3) is 0.533. The maximum Gasteiger partial charge on any atom is 0.230 e. The van der Waals surface area contributed by atoms with Gasteiger partial charge in [-0.15, -0.1) is 12.4 Å². The monoisotopic (exact) mass is 280 g/mol. The number of halogens is 1. The van der Waals surface area contributed by atoms with E-state index >= 15 is 0 Å². The quantitative estimate of drug-likeness (QED) is 0.858. The van der Waals surface area contributed by atoms with Gasteiger partial charge in [0.15, 0.2) is 0 Å². The van der Waals surface area contributed by atoms with Crippen LogP contribution in [0.5, 0.6) is 0 Å². The summed E-state index contributed by atoms with van der Waals surface area (Å²) in [5.41, 5.74) is 2.52. The summed E-state index contributed by atoms with van der Waals surface area (Å²) in [5, 5.41) is 3.37. The lowest BCUT2D eigenvalue weighted by Crippen LogP contribution is -2.36. The van der Waals surface area contributed by atoms with Crippen LogP contribution in [0.1, 0.15) is 25.8 Å². The third kappa shape index (κ3) is 2.63. The van der Waals surface area contributed by atoms with Gasteiger partial charge in [0, 0.05) is 31.2 Å². The molecule has 1 N–H and O–H groups in total. The van der Waals surface area contributed by atoms with Crippen molar-refractivity contribution in [3.63, 3.8) is 0 Å². The minimum Gasteiger partial charge on any atom is -0.311 e. The summed E-state index contributed by atoms with van der Waals surface area (Å²) in [6.07, 6.45) is 1.03. The SMILES string of the molecule is CC1(C)CC1C(=O)N1CCNCc2ccccc21.Cl. The smallest absolute Gasteiger partial charge is 0.230 e. The van der Waals surface area contributed by atoms with Gasteiger partial charge in [-0.2, -0.15) is 0 Å². The van der Waals surface area contributed by atoms with Gasteiger partial charge in [0.25, 0.3) is 0 Å². The molecule has 0 radical (unpaired) electrons. The van der Waals surface area contributed by atoms with Crippen molar-refractivity contribution in [1.82, 2.24) is 5.32 Å². The molecule has 1 aliphatic heterocycles. The van der Waals surface area contributed by atoms with Crippen molar-refractivity contribution in [3.8, 4) is 0 Å². The lowest BCUT2D eigenvalue weighted by molar-refractivity contribution is -0.120. The van der Waals surface area contributed by atoms with Crippen LogP contribution in [0.15, 0.2) is 24.3 Å². The second-order valence-corrected chi connectivity index (χ2v) is 6.04. The Hall–Kier alpha value is -1.06. The summed E-state index contributed by atoms with van der Waals surface area (Å²) in [4.78, 5) is 14.6. The maximum absolute atomic E-state index is 12.6. The second kappa shape index (κ2) is 5.14. The van der Waals surface area contributed by atoms with E-state index in [4.69, 9.17) is 0 Å². The molecule has 1 aromatic rings. The van der Waals surface area contributed by atoms with Gasteiger partial charge >= 0.3 is 0 Å². The molecule has 1 atom stereocenters. The van der Waals surface area contributed by atoms with Crippen LogP contribution in [-0.4, -0.2) is 19.0 Å². The third-order valence-electron chi connectivity index (χ3n) is 4.19. The first-order valence-electron chi connectivity index (χ1n) is 6.69. The minimum atomic E-state index is 0. The van der Waals surface area contributed by atoms with Crippen molar-refractivity contribution in [3.05, 3.63) is 29.8 Å². The molecule has 1 aliphatic carbocycles. The van der Waals surface area contributed by atoms with Gasteiger partial charge in [-0.3, -0.25) is 4.79 Å². The van der Waals surface area contributed by atoms with Crippen LogP contribution in [0.4, 0.5) is 5.69 Å². The molecular formula is C15H21ClN2O. The molecule has 3 nitrogen and oxygen atoms in total. The Balaban J connectivity index is 0.00000133. The number of hydrogen-bond donors (Lipinski definition) is 1. The molecule has 1 heterocycles. The standard InChI is InChI=1S/C15H20N2O.ClH/c1-15(2)9-12(15)14(18)17-8-7-16-10-11-5-3-4-6-13(11)17;/h3-6,12,16H,7-10H2,1-2H3;1H.